The Morgan fingerprint density at radius 1 is 0.815 bits per heavy atom. The molecule has 2 heterocycles. The molecule has 0 radical (unpaired) electrons. The Kier molecular flexibility index (Phi) is 11.7. The summed E-state index contributed by atoms with van der Waals surface area (Å²) in [6.07, 6.45) is 12.8. The van der Waals surface area contributed by atoms with Crippen molar-refractivity contribution >= 4 is 35.3 Å². The van der Waals surface area contributed by atoms with E-state index in [4.69, 9.17) is 0 Å². The molecule has 4 N–H and O–H groups in total. The summed E-state index contributed by atoms with van der Waals surface area (Å²) in [6.45, 7) is 14.2. The highest BCUT2D eigenvalue weighted by molar-refractivity contribution is 6.38. The molecule has 0 unspecified atom stereocenters. The number of Topliss-reactive ketones (excluding diaryl/α,β-unsaturated/α-hetero) is 1. The van der Waals surface area contributed by atoms with Crippen molar-refractivity contribution in [2.24, 2.45) is 33.5 Å². The summed E-state index contributed by atoms with van der Waals surface area (Å²) in [5.41, 5.74) is -1.02. The largest absolute Gasteiger partial charge is 0.347 e. The van der Waals surface area contributed by atoms with E-state index in [2.05, 4.69) is 40.0 Å². The van der Waals surface area contributed by atoms with Gasteiger partial charge in [-0.2, -0.15) is 0 Å². The van der Waals surface area contributed by atoms with Crippen LogP contribution in [0.2, 0.25) is 0 Å². The Hall–Kier alpha value is -3.02. The molecule has 6 atom stereocenters. The topological polar surface area (TPSA) is 157 Å². The first-order valence-electron chi connectivity index (χ1n) is 21.2. The number of amides is 5. The monoisotopic (exact) mass is 753 g/mol. The lowest BCUT2D eigenvalue weighted by Crippen LogP contribution is -2.62. The lowest BCUT2D eigenvalue weighted by molar-refractivity contribution is -0.145. The number of carbonyl (C=O) groups is 6. The Morgan fingerprint density at radius 3 is 2.06 bits per heavy atom. The van der Waals surface area contributed by atoms with Crippen molar-refractivity contribution in [3.8, 4) is 0 Å². The lowest BCUT2D eigenvalue weighted by Gasteiger charge is -2.38. The van der Waals surface area contributed by atoms with E-state index < -0.39 is 47.2 Å². The smallest absolute Gasteiger partial charge is 0.289 e. The number of ketones is 1. The fraction of sp³-hybridized carbons (Fsp3) is 0.857. The van der Waals surface area contributed by atoms with Gasteiger partial charge < -0.3 is 31.1 Å². The molecular weight excluding hydrogens is 684 g/mol. The van der Waals surface area contributed by atoms with Crippen LogP contribution >= 0.6 is 0 Å². The molecule has 6 rings (SSSR count). The van der Waals surface area contributed by atoms with Crippen LogP contribution in [0, 0.1) is 33.5 Å². The molecule has 2 saturated heterocycles. The SMILES string of the molecule is CCC[C@H](NC(=O)[C@@H]1C[C@@]2(CN1C(=O)[C@@H](NC(=O)[C@@H](NC(=O)[C@@H]1CCCN(C)C1)C1CCCCC1)C(C)(C)C)C(C)(C)C21CCC1)C(=O)C(=O)NC1CC1. The normalized spacial score (nSPS) is 29.4. The minimum Gasteiger partial charge on any atom is -0.347 e. The number of carbonyl (C=O) groups excluding carboxylic acids is 6. The average Bonchev–Trinajstić information content (AvgIpc) is 3.93. The van der Waals surface area contributed by atoms with E-state index in [0.717, 1.165) is 83.6 Å². The molecule has 0 aromatic carbocycles. The summed E-state index contributed by atoms with van der Waals surface area (Å²) >= 11 is 0. The quantitative estimate of drug-likeness (QED) is 0.208. The summed E-state index contributed by atoms with van der Waals surface area (Å²) in [5, 5.41) is 12.0. The van der Waals surface area contributed by atoms with Crippen LogP contribution in [0.3, 0.4) is 0 Å². The number of rotatable bonds is 13. The second-order valence-corrected chi connectivity index (χ2v) is 19.6. The summed E-state index contributed by atoms with van der Waals surface area (Å²) in [7, 11) is 2.02. The van der Waals surface area contributed by atoms with E-state index in [-0.39, 0.29) is 51.8 Å². The predicted molar refractivity (Wildman–Crippen MR) is 206 cm³/mol. The minimum absolute atomic E-state index is 0.0162. The second kappa shape index (κ2) is 15.5. The van der Waals surface area contributed by atoms with Crippen LogP contribution in [0.5, 0.6) is 0 Å². The minimum atomic E-state index is -0.985. The van der Waals surface area contributed by atoms with E-state index >= 15 is 4.79 Å². The number of hydrogen-bond donors (Lipinski definition) is 4. The van der Waals surface area contributed by atoms with E-state index in [1.807, 2.05) is 34.7 Å². The van der Waals surface area contributed by atoms with Gasteiger partial charge in [0.2, 0.25) is 29.4 Å². The van der Waals surface area contributed by atoms with Crippen LogP contribution in [0.1, 0.15) is 138 Å². The maximum absolute atomic E-state index is 15.1. The van der Waals surface area contributed by atoms with Crippen molar-refractivity contribution in [3.63, 3.8) is 0 Å². The van der Waals surface area contributed by atoms with Gasteiger partial charge in [0.05, 0.1) is 12.0 Å². The van der Waals surface area contributed by atoms with Gasteiger partial charge in [-0.05, 0) is 100.0 Å². The van der Waals surface area contributed by atoms with E-state index in [1.54, 1.807) is 4.90 Å². The molecule has 302 valence electrons. The lowest BCUT2D eigenvalue weighted by atomic mass is 9.73. The first-order chi connectivity index (χ1) is 25.5. The van der Waals surface area contributed by atoms with Crippen LogP contribution in [0.4, 0.5) is 0 Å². The summed E-state index contributed by atoms with van der Waals surface area (Å²) in [6, 6.07) is -3.54. The molecule has 0 aromatic rings. The molecule has 4 aliphatic carbocycles. The fourth-order valence-corrected chi connectivity index (χ4v) is 11.1. The van der Waals surface area contributed by atoms with Gasteiger partial charge in [0.1, 0.15) is 18.1 Å². The highest BCUT2D eigenvalue weighted by Crippen LogP contribution is 2.88. The van der Waals surface area contributed by atoms with Crippen LogP contribution in [-0.2, 0) is 28.8 Å². The molecule has 54 heavy (non-hydrogen) atoms. The predicted octanol–water partition coefficient (Wildman–Crippen LogP) is 3.85. The van der Waals surface area contributed by atoms with Crippen LogP contribution in [-0.4, -0.2) is 102 Å². The van der Waals surface area contributed by atoms with Crippen molar-refractivity contribution in [3.05, 3.63) is 0 Å². The van der Waals surface area contributed by atoms with Crippen molar-refractivity contribution < 1.29 is 28.8 Å². The van der Waals surface area contributed by atoms with Gasteiger partial charge in [0.25, 0.3) is 5.91 Å². The Bertz CT molecular complexity index is 1480. The third-order valence-electron chi connectivity index (χ3n) is 14.8. The molecule has 6 fully saturated rings. The summed E-state index contributed by atoms with van der Waals surface area (Å²) in [5.74, 6) is -2.73. The Balaban J connectivity index is 1.25. The summed E-state index contributed by atoms with van der Waals surface area (Å²) < 4.78 is 0. The zero-order valence-electron chi connectivity index (χ0n) is 34.1. The van der Waals surface area contributed by atoms with E-state index in [1.165, 1.54) is 0 Å². The fourth-order valence-electron chi connectivity index (χ4n) is 11.1. The van der Waals surface area contributed by atoms with Crippen LogP contribution < -0.4 is 21.3 Å². The number of nitrogens with zero attached hydrogens (tertiary/aromatic N) is 2. The summed E-state index contributed by atoms with van der Waals surface area (Å²) in [4.78, 5) is 87.7. The third-order valence-corrected chi connectivity index (χ3v) is 14.8. The first-order valence-corrected chi connectivity index (χ1v) is 21.2. The highest BCUT2D eigenvalue weighted by Gasteiger charge is 2.85. The van der Waals surface area contributed by atoms with Gasteiger partial charge in [-0.3, -0.25) is 28.8 Å². The molecule has 6 aliphatic rings. The van der Waals surface area contributed by atoms with Crippen molar-refractivity contribution in [1.29, 1.82) is 0 Å². The standard InChI is InChI=1S/C42H68N6O6/c1-8-14-29(32(49)37(53)43-28-18-19-28)44-35(51)30-23-42(40(5,6)41(42)20-13-21-41)25-48(30)38(54)33(39(2,3)4)46-36(52)31(26-15-10-9-11-16-26)45-34(50)27-17-12-22-47(7)24-27/h26-31,33H,8-25H2,1-7H3,(H,43,53)(H,44,51)(H,45,50)(H,46,52)/t27-,29+,30+,31+,33-,42-/m1/s1. The number of piperidine rings is 1. The van der Waals surface area contributed by atoms with Gasteiger partial charge >= 0.3 is 0 Å². The van der Waals surface area contributed by atoms with Gasteiger partial charge in [0, 0.05) is 24.5 Å². The number of fused-ring (bicyclic) bond motifs is 1. The molecule has 0 aromatic heterocycles. The number of nitrogens with one attached hydrogen (secondary N) is 4. The zero-order valence-corrected chi connectivity index (χ0v) is 34.1. The van der Waals surface area contributed by atoms with Crippen LogP contribution in [0.25, 0.3) is 0 Å². The first kappa shape index (κ1) is 40.6. The van der Waals surface area contributed by atoms with Gasteiger partial charge in [-0.1, -0.05) is 73.6 Å². The van der Waals surface area contributed by atoms with E-state index in [0.29, 0.717) is 32.4 Å². The third kappa shape index (κ3) is 7.58. The highest BCUT2D eigenvalue weighted by atomic mass is 16.2. The average molecular weight is 753 g/mol. The molecule has 12 nitrogen and oxygen atoms in total. The molecule has 2 aliphatic heterocycles. The maximum Gasteiger partial charge on any atom is 0.289 e. The van der Waals surface area contributed by atoms with Crippen molar-refractivity contribution in [2.45, 2.75) is 168 Å². The van der Waals surface area contributed by atoms with Crippen molar-refractivity contribution in [2.75, 3.05) is 26.7 Å². The van der Waals surface area contributed by atoms with Gasteiger partial charge in [0.15, 0.2) is 0 Å². The Morgan fingerprint density at radius 2 is 1.50 bits per heavy atom. The van der Waals surface area contributed by atoms with Crippen molar-refractivity contribution in [1.82, 2.24) is 31.1 Å². The van der Waals surface area contributed by atoms with E-state index in [9.17, 15) is 24.0 Å². The molecule has 12 heteroatoms. The van der Waals surface area contributed by atoms with Gasteiger partial charge in [-0.15, -0.1) is 0 Å². The second-order valence-electron chi connectivity index (χ2n) is 19.6. The number of likely N-dealkylation sites (tertiary alicyclic amines) is 2. The number of hydrogen-bond acceptors (Lipinski definition) is 7. The maximum atomic E-state index is 15.1. The molecule has 5 amide bonds. The van der Waals surface area contributed by atoms with Gasteiger partial charge in [-0.25, -0.2) is 0 Å². The zero-order chi connectivity index (χ0) is 39.2. The van der Waals surface area contributed by atoms with Crippen LogP contribution in [0.15, 0.2) is 0 Å². The molecule has 2 spiro atoms. The molecular formula is C42H68N6O6. The molecule has 4 saturated carbocycles. The molecule has 0 bridgehead atoms. The Labute approximate surface area is 322 Å².